The number of phenols is 1. The highest BCUT2D eigenvalue weighted by atomic mass is 32.1. The third-order valence-electron chi connectivity index (χ3n) is 9.50. The lowest BCUT2D eigenvalue weighted by Crippen LogP contribution is -2.58. The molecule has 15 heteroatoms. The topological polar surface area (TPSA) is 158 Å². The van der Waals surface area contributed by atoms with Crippen molar-refractivity contribution >= 4 is 44.9 Å². The molecule has 3 N–H and O–H groups in total. The SMILES string of the molecule is CC(C)c1nc(C(=O)N2CCOC3(CCN(CCOc4ccc(CN(CC(O)c5ccc(O)c6[nH]c(=O)sc56)C(=O)OC(C)(C)C)cc4)CC3)C2)cs1. The molecule has 2 aromatic carbocycles. The molecule has 286 valence electrons. The van der Waals surface area contributed by atoms with Crippen molar-refractivity contribution in [1.82, 2.24) is 24.7 Å². The molecule has 2 amide bonds. The second-order valence-electron chi connectivity index (χ2n) is 15.1. The van der Waals surface area contributed by atoms with Gasteiger partial charge >= 0.3 is 11.0 Å². The van der Waals surface area contributed by atoms with Gasteiger partial charge in [-0.2, -0.15) is 0 Å². The van der Waals surface area contributed by atoms with E-state index in [0.29, 0.717) is 53.9 Å². The average Bonchev–Trinajstić information content (AvgIpc) is 3.77. The van der Waals surface area contributed by atoms with Gasteiger partial charge in [0.25, 0.3) is 5.91 Å². The summed E-state index contributed by atoms with van der Waals surface area (Å²) in [5, 5.41) is 24.3. The van der Waals surface area contributed by atoms with Crippen molar-refractivity contribution < 1.29 is 34.0 Å². The van der Waals surface area contributed by atoms with Gasteiger partial charge in [-0.05, 0) is 57.4 Å². The van der Waals surface area contributed by atoms with Crippen LogP contribution in [0.1, 0.15) is 86.1 Å². The fraction of sp³-hybridized carbons (Fsp3) is 0.526. The van der Waals surface area contributed by atoms with Crippen LogP contribution in [0.3, 0.4) is 0 Å². The summed E-state index contributed by atoms with van der Waals surface area (Å²) in [7, 11) is 0. The Bertz CT molecular complexity index is 1940. The first-order chi connectivity index (χ1) is 25.2. The number of aliphatic hydroxyl groups is 1. The van der Waals surface area contributed by atoms with Gasteiger partial charge in [0.2, 0.25) is 0 Å². The van der Waals surface area contributed by atoms with E-state index >= 15 is 0 Å². The van der Waals surface area contributed by atoms with Crippen LogP contribution in [0.5, 0.6) is 11.5 Å². The quantitative estimate of drug-likeness (QED) is 0.172. The summed E-state index contributed by atoms with van der Waals surface area (Å²) in [5.41, 5.74) is 0.947. The van der Waals surface area contributed by atoms with E-state index in [1.165, 1.54) is 11.0 Å². The Morgan fingerprint density at radius 2 is 1.85 bits per heavy atom. The second kappa shape index (κ2) is 16.1. The van der Waals surface area contributed by atoms with Crippen LogP contribution in [-0.4, -0.2) is 111 Å². The van der Waals surface area contributed by atoms with Crippen molar-refractivity contribution in [3.8, 4) is 11.5 Å². The second-order valence-corrected chi connectivity index (χ2v) is 17.0. The third kappa shape index (κ3) is 9.57. The number of H-pyrrole nitrogens is 1. The van der Waals surface area contributed by atoms with Crippen molar-refractivity contribution in [2.75, 3.05) is 52.5 Å². The van der Waals surface area contributed by atoms with E-state index in [4.69, 9.17) is 14.2 Å². The highest BCUT2D eigenvalue weighted by Crippen LogP contribution is 2.33. The van der Waals surface area contributed by atoms with Crippen molar-refractivity contribution in [3.63, 3.8) is 0 Å². The van der Waals surface area contributed by atoms with Gasteiger partial charge < -0.3 is 39.2 Å². The Morgan fingerprint density at radius 1 is 1.11 bits per heavy atom. The van der Waals surface area contributed by atoms with Crippen LogP contribution < -0.4 is 9.61 Å². The first-order valence-electron chi connectivity index (χ1n) is 18.0. The molecule has 2 aliphatic rings. The lowest BCUT2D eigenvalue weighted by molar-refractivity contribution is -0.127. The Morgan fingerprint density at radius 3 is 2.53 bits per heavy atom. The number of aromatic nitrogens is 2. The number of aliphatic hydroxyl groups excluding tert-OH is 1. The zero-order valence-corrected chi connectivity index (χ0v) is 32.6. The summed E-state index contributed by atoms with van der Waals surface area (Å²) >= 11 is 2.43. The number of aromatic amines is 1. The van der Waals surface area contributed by atoms with E-state index < -0.39 is 17.8 Å². The van der Waals surface area contributed by atoms with E-state index in [1.807, 2.05) is 34.5 Å². The number of benzene rings is 2. The summed E-state index contributed by atoms with van der Waals surface area (Å²) in [6.45, 7) is 14.2. The zero-order valence-electron chi connectivity index (χ0n) is 30.9. The predicted octanol–water partition coefficient (Wildman–Crippen LogP) is 5.73. The molecule has 4 aromatic rings. The number of ether oxygens (including phenoxy) is 3. The third-order valence-corrected chi connectivity index (χ3v) is 11.6. The molecule has 1 atom stereocenters. The molecule has 0 bridgehead atoms. The molecule has 0 radical (unpaired) electrons. The monoisotopic (exact) mass is 767 g/mol. The van der Waals surface area contributed by atoms with E-state index in [9.17, 15) is 24.6 Å². The molecule has 2 aliphatic heterocycles. The van der Waals surface area contributed by atoms with Gasteiger partial charge in [0.05, 0.1) is 41.1 Å². The number of nitrogens with one attached hydrogen (secondary N) is 1. The molecular formula is C38H49N5O8S2. The molecule has 1 unspecified atom stereocenters. The van der Waals surface area contributed by atoms with Gasteiger partial charge in [-0.15, -0.1) is 11.3 Å². The van der Waals surface area contributed by atoms with E-state index in [1.54, 1.807) is 38.2 Å². The van der Waals surface area contributed by atoms with E-state index in [2.05, 4.69) is 28.7 Å². The molecule has 0 saturated carbocycles. The standard InChI is InChI=1S/C38H49N5O8S2/c1-24(2)33-39-28(22-52-33)34(46)42-17-19-50-38(23-42)12-14-41(15-13-38)16-18-49-26-8-6-25(7-9-26)20-43(36(48)51-37(3,4)5)21-30(45)27-10-11-29(44)31-32(27)53-35(47)40-31/h6-11,22,24,30,44-45H,12-21,23H2,1-5H3,(H,40,47). The van der Waals surface area contributed by atoms with Crippen molar-refractivity contribution in [2.45, 2.75) is 77.2 Å². The molecule has 6 rings (SSSR count). The maximum atomic E-state index is 13.3. The van der Waals surface area contributed by atoms with Gasteiger partial charge in [-0.25, -0.2) is 9.78 Å². The van der Waals surface area contributed by atoms with Crippen LogP contribution >= 0.6 is 22.7 Å². The number of carbonyl (C=O) groups excluding carboxylic acids is 2. The Balaban J connectivity index is 0.999. The van der Waals surface area contributed by atoms with Gasteiger partial charge in [0.1, 0.15) is 34.9 Å². The molecule has 2 saturated heterocycles. The normalized spacial score (nSPS) is 17.0. The number of fused-ring (bicyclic) bond motifs is 1. The number of hydrogen-bond donors (Lipinski definition) is 3. The van der Waals surface area contributed by atoms with Crippen LogP contribution in [0.15, 0.2) is 46.6 Å². The number of amides is 2. The highest BCUT2D eigenvalue weighted by molar-refractivity contribution is 7.16. The fourth-order valence-corrected chi connectivity index (χ4v) is 8.39. The number of phenolic OH excluding ortho intramolecular Hbond substituents is 1. The van der Waals surface area contributed by atoms with Gasteiger partial charge in [-0.3, -0.25) is 14.5 Å². The minimum atomic E-state index is -1.14. The number of rotatable bonds is 11. The number of piperidine rings is 1. The number of morpholine rings is 1. The summed E-state index contributed by atoms with van der Waals surface area (Å²) < 4.78 is 18.5. The first kappa shape index (κ1) is 38.7. The number of hydrogen-bond acceptors (Lipinski definition) is 12. The molecule has 0 aliphatic carbocycles. The van der Waals surface area contributed by atoms with Crippen molar-refractivity contribution in [3.05, 3.63) is 73.3 Å². The van der Waals surface area contributed by atoms with Crippen LogP contribution in [0.4, 0.5) is 4.79 Å². The Labute approximate surface area is 317 Å². The van der Waals surface area contributed by atoms with Gasteiger partial charge in [-0.1, -0.05) is 43.4 Å². The molecule has 13 nitrogen and oxygen atoms in total. The van der Waals surface area contributed by atoms with E-state index in [-0.39, 0.29) is 40.7 Å². The van der Waals surface area contributed by atoms with Crippen LogP contribution in [0.25, 0.3) is 10.2 Å². The van der Waals surface area contributed by atoms with Crippen LogP contribution in [-0.2, 0) is 16.0 Å². The number of thiazole rings is 2. The largest absolute Gasteiger partial charge is 0.506 e. The summed E-state index contributed by atoms with van der Waals surface area (Å²) in [6.07, 6.45) is -0.0515. The summed E-state index contributed by atoms with van der Waals surface area (Å²) in [6, 6.07) is 10.4. The maximum absolute atomic E-state index is 13.3. The Kier molecular flexibility index (Phi) is 11.8. The number of carbonyl (C=O) groups is 2. The molecule has 53 heavy (non-hydrogen) atoms. The molecule has 4 heterocycles. The minimum Gasteiger partial charge on any atom is -0.506 e. The minimum absolute atomic E-state index is 0.0135. The summed E-state index contributed by atoms with van der Waals surface area (Å²) in [5.74, 6) is 0.896. The van der Waals surface area contributed by atoms with E-state index in [0.717, 1.165) is 54.4 Å². The maximum Gasteiger partial charge on any atom is 0.410 e. The predicted molar refractivity (Wildman–Crippen MR) is 204 cm³/mol. The van der Waals surface area contributed by atoms with Crippen LogP contribution in [0.2, 0.25) is 0 Å². The highest BCUT2D eigenvalue weighted by Gasteiger charge is 2.41. The Hall–Kier alpha value is -4.02. The molecule has 2 fully saturated rings. The van der Waals surface area contributed by atoms with Gasteiger partial charge in [0.15, 0.2) is 0 Å². The van der Waals surface area contributed by atoms with Crippen molar-refractivity contribution in [2.24, 2.45) is 0 Å². The zero-order chi connectivity index (χ0) is 37.9. The lowest BCUT2D eigenvalue weighted by Gasteiger charge is -2.47. The smallest absolute Gasteiger partial charge is 0.410 e. The van der Waals surface area contributed by atoms with Crippen molar-refractivity contribution in [1.29, 1.82) is 0 Å². The first-order valence-corrected chi connectivity index (χ1v) is 19.7. The van der Waals surface area contributed by atoms with Crippen LogP contribution in [0, 0.1) is 0 Å². The van der Waals surface area contributed by atoms with Gasteiger partial charge in [0, 0.05) is 49.6 Å². The number of likely N-dealkylation sites (tertiary alicyclic amines) is 1. The number of aromatic hydroxyl groups is 1. The molecular weight excluding hydrogens is 719 g/mol. The number of nitrogens with zero attached hydrogens (tertiary/aromatic N) is 4. The molecule has 1 spiro atoms. The average molecular weight is 768 g/mol. The molecule has 2 aromatic heterocycles. The summed E-state index contributed by atoms with van der Waals surface area (Å²) in [4.78, 5) is 51.0. The lowest BCUT2D eigenvalue weighted by atomic mass is 9.89. The fourth-order valence-electron chi connectivity index (χ4n) is 6.66.